The fourth-order valence-corrected chi connectivity index (χ4v) is 3.40. The van der Waals surface area contributed by atoms with Gasteiger partial charge >= 0.3 is 12.0 Å². The van der Waals surface area contributed by atoms with E-state index in [0.717, 1.165) is 12.8 Å². The fraction of sp³-hybridized carbons (Fsp3) is 0.391. The van der Waals surface area contributed by atoms with E-state index < -0.39 is 11.8 Å². The molecule has 1 aliphatic rings. The van der Waals surface area contributed by atoms with Crippen molar-refractivity contribution in [3.8, 4) is 0 Å². The summed E-state index contributed by atoms with van der Waals surface area (Å²) in [5.74, 6) is -0.812. The number of hydrogen-bond acceptors (Lipinski definition) is 3. The Hall–Kier alpha value is -2.93. The molecule has 0 radical (unpaired) electrons. The molecule has 0 spiro atoms. The largest absolute Gasteiger partial charge is 0.480 e. The number of nitrogens with one attached hydrogen (secondary N) is 1. The van der Waals surface area contributed by atoms with Crippen molar-refractivity contribution in [2.24, 2.45) is 5.92 Å². The molecular weight excluding hydrogens is 387 g/mol. The zero-order chi connectivity index (χ0) is 21.8. The van der Waals surface area contributed by atoms with Gasteiger partial charge in [0.2, 0.25) is 0 Å². The third-order valence-corrected chi connectivity index (χ3v) is 4.85. The minimum absolute atomic E-state index is 0.208. The average molecular weight is 416 g/mol. The second-order valence-electron chi connectivity index (χ2n) is 7.14. The lowest BCUT2D eigenvalue weighted by atomic mass is 9.89. The molecule has 0 aromatic heterocycles. The van der Waals surface area contributed by atoms with Crippen molar-refractivity contribution in [2.45, 2.75) is 32.1 Å². The van der Waals surface area contributed by atoms with Crippen molar-refractivity contribution in [3.63, 3.8) is 0 Å². The third-order valence-electron chi connectivity index (χ3n) is 4.85. The van der Waals surface area contributed by atoms with Crippen LogP contribution in [0.4, 0.5) is 20.6 Å². The Morgan fingerprint density at radius 3 is 2.27 bits per heavy atom. The van der Waals surface area contributed by atoms with Crippen molar-refractivity contribution >= 4 is 23.4 Å². The third kappa shape index (κ3) is 7.48. The number of para-hydroxylation sites is 2. The first-order valence-electron chi connectivity index (χ1n) is 10.1. The number of carbonyl (C=O) groups is 2. The highest BCUT2D eigenvalue weighted by molar-refractivity contribution is 5.99. The van der Waals surface area contributed by atoms with E-state index in [0.29, 0.717) is 18.2 Å². The van der Waals surface area contributed by atoms with Gasteiger partial charge in [-0.3, -0.25) is 4.90 Å². The van der Waals surface area contributed by atoms with Gasteiger partial charge in [-0.05, 0) is 43.0 Å². The molecule has 1 saturated carbocycles. The smallest absolute Gasteiger partial charge is 0.329 e. The summed E-state index contributed by atoms with van der Waals surface area (Å²) in [6.07, 6.45) is 6.07. The SMILES string of the molecule is COCC(=O)O.O=C(NCC1CCCCC1)N(c1ccccc1)c1ccccc1F. The lowest BCUT2D eigenvalue weighted by Crippen LogP contribution is -2.40. The molecule has 0 atom stereocenters. The van der Waals surface area contributed by atoms with E-state index in [1.807, 2.05) is 30.3 Å². The first kappa shape index (κ1) is 23.3. The Bertz CT molecular complexity index is 795. The number of amides is 2. The van der Waals surface area contributed by atoms with Gasteiger partial charge in [0.05, 0.1) is 11.4 Å². The number of anilines is 2. The molecule has 2 amide bonds. The van der Waals surface area contributed by atoms with Gasteiger partial charge in [-0.2, -0.15) is 0 Å². The van der Waals surface area contributed by atoms with Crippen LogP contribution in [0.25, 0.3) is 0 Å². The predicted molar refractivity (Wildman–Crippen MR) is 114 cm³/mol. The fourth-order valence-electron chi connectivity index (χ4n) is 3.40. The second-order valence-corrected chi connectivity index (χ2v) is 7.14. The van der Waals surface area contributed by atoms with E-state index in [1.165, 1.54) is 37.3 Å². The van der Waals surface area contributed by atoms with E-state index >= 15 is 0 Å². The number of ether oxygens (including phenoxy) is 1. The number of hydrogen-bond donors (Lipinski definition) is 2. The molecule has 6 nitrogen and oxygen atoms in total. The van der Waals surface area contributed by atoms with Gasteiger partial charge in [0, 0.05) is 13.7 Å². The Morgan fingerprint density at radius 1 is 1.07 bits per heavy atom. The van der Waals surface area contributed by atoms with Crippen LogP contribution in [0, 0.1) is 11.7 Å². The molecule has 0 saturated heterocycles. The topological polar surface area (TPSA) is 78.9 Å². The zero-order valence-corrected chi connectivity index (χ0v) is 17.2. The van der Waals surface area contributed by atoms with Crippen LogP contribution in [0.5, 0.6) is 0 Å². The van der Waals surface area contributed by atoms with Crippen molar-refractivity contribution in [3.05, 3.63) is 60.4 Å². The van der Waals surface area contributed by atoms with Crippen LogP contribution in [0.3, 0.4) is 0 Å². The summed E-state index contributed by atoms with van der Waals surface area (Å²) >= 11 is 0. The van der Waals surface area contributed by atoms with Crippen LogP contribution < -0.4 is 10.2 Å². The normalized spacial score (nSPS) is 13.7. The molecule has 7 heteroatoms. The lowest BCUT2D eigenvalue weighted by Gasteiger charge is -2.26. The molecule has 1 aliphatic carbocycles. The van der Waals surface area contributed by atoms with Gasteiger partial charge in [-0.15, -0.1) is 0 Å². The molecular formula is C23H29FN2O4. The van der Waals surface area contributed by atoms with E-state index in [-0.39, 0.29) is 18.3 Å². The summed E-state index contributed by atoms with van der Waals surface area (Å²) in [6.45, 7) is 0.441. The first-order valence-corrected chi connectivity index (χ1v) is 10.1. The van der Waals surface area contributed by atoms with Gasteiger partial charge in [-0.1, -0.05) is 49.6 Å². The highest BCUT2D eigenvalue weighted by Gasteiger charge is 2.22. The van der Waals surface area contributed by atoms with Crippen LogP contribution in [0.2, 0.25) is 0 Å². The average Bonchev–Trinajstić information content (AvgIpc) is 2.76. The van der Waals surface area contributed by atoms with Crippen LogP contribution in [-0.2, 0) is 9.53 Å². The molecule has 30 heavy (non-hydrogen) atoms. The maximum absolute atomic E-state index is 14.3. The molecule has 0 aliphatic heterocycles. The number of aliphatic carboxylic acids is 1. The minimum atomic E-state index is -0.933. The Labute approximate surface area is 176 Å². The Kier molecular flexibility index (Phi) is 9.80. The van der Waals surface area contributed by atoms with E-state index in [1.54, 1.807) is 18.2 Å². The maximum Gasteiger partial charge on any atom is 0.329 e. The predicted octanol–water partition coefficient (Wildman–Crippen LogP) is 4.97. The number of methoxy groups -OCH3 is 1. The number of rotatable bonds is 6. The number of benzene rings is 2. The summed E-state index contributed by atoms with van der Waals surface area (Å²) in [7, 11) is 1.34. The monoisotopic (exact) mass is 416 g/mol. The van der Waals surface area contributed by atoms with Crippen molar-refractivity contribution in [1.82, 2.24) is 5.32 Å². The summed E-state index contributed by atoms with van der Waals surface area (Å²) in [4.78, 5) is 23.7. The standard InChI is InChI=1S/C20H23FN2O.C3H6O3/c21-18-13-7-8-14-19(18)23(17-11-5-2-6-12-17)20(24)22-15-16-9-3-1-4-10-16;1-6-2-3(4)5/h2,5-8,11-14,16H,1,3-4,9-10,15H2,(H,22,24);2H2,1H3,(H,4,5). The first-order chi connectivity index (χ1) is 14.5. The zero-order valence-electron chi connectivity index (χ0n) is 17.2. The molecule has 162 valence electrons. The van der Waals surface area contributed by atoms with Gasteiger partial charge in [0.25, 0.3) is 0 Å². The number of carboxylic acid groups (broad SMARTS) is 1. The quantitative estimate of drug-likeness (QED) is 0.697. The summed E-state index contributed by atoms with van der Waals surface area (Å²) in [6, 6.07) is 15.3. The van der Waals surface area contributed by atoms with Gasteiger partial charge in [-0.25, -0.2) is 14.0 Å². The van der Waals surface area contributed by atoms with Crippen LogP contribution in [0.1, 0.15) is 32.1 Å². The molecule has 3 rings (SSSR count). The maximum atomic E-state index is 14.3. The van der Waals surface area contributed by atoms with E-state index in [2.05, 4.69) is 10.1 Å². The van der Waals surface area contributed by atoms with E-state index in [9.17, 15) is 14.0 Å². The van der Waals surface area contributed by atoms with Crippen LogP contribution >= 0.6 is 0 Å². The number of nitrogens with zero attached hydrogens (tertiary/aromatic N) is 1. The molecule has 0 bridgehead atoms. The molecule has 2 aromatic rings. The second kappa shape index (κ2) is 12.6. The summed E-state index contributed by atoms with van der Waals surface area (Å²) < 4.78 is 18.5. The summed E-state index contributed by atoms with van der Waals surface area (Å²) in [5, 5.41) is 10.8. The number of carbonyl (C=O) groups excluding carboxylic acids is 1. The number of urea groups is 1. The van der Waals surface area contributed by atoms with Crippen LogP contribution in [-0.4, -0.2) is 37.4 Å². The molecule has 0 heterocycles. The number of halogens is 1. The van der Waals surface area contributed by atoms with Crippen LogP contribution in [0.15, 0.2) is 54.6 Å². The van der Waals surface area contributed by atoms with Crippen molar-refractivity contribution in [2.75, 3.05) is 25.2 Å². The highest BCUT2D eigenvalue weighted by Crippen LogP contribution is 2.28. The van der Waals surface area contributed by atoms with Crippen molar-refractivity contribution < 1.29 is 23.8 Å². The highest BCUT2D eigenvalue weighted by atomic mass is 19.1. The summed E-state index contributed by atoms with van der Waals surface area (Å²) in [5.41, 5.74) is 0.925. The van der Waals surface area contributed by atoms with Gasteiger partial charge in [0.15, 0.2) is 0 Å². The lowest BCUT2D eigenvalue weighted by molar-refractivity contribution is -0.141. The van der Waals surface area contributed by atoms with Gasteiger partial charge < -0.3 is 15.2 Å². The van der Waals surface area contributed by atoms with Crippen molar-refractivity contribution in [1.29, 1.82) is 0 Å². The van der Waals surface area contributed by atoms with Gasteiger partial charge in [0.1, 0.15) is 12.4 Å². The molecule has 2 N–H and O–H groups in total. The molecule has 2 aromatic carbocycles. The minimum Gasteiger partial charge on any atom is -0.480 e. The van der Waals surface area contributed by atoms with E-state index in [4.69, 9.17) is 5.11 Å². The molecule has 1 fully saturated rings. The molecule has 0 unspecified atom stereocenters. The Morgan fingerprint density at radius 2 is 1.70 bits per heavy atom. The number of carboxylic acids is 1. The Balaban J connectivity index is 0.000000469.